The van der Waals surface area contributed by atoms with Crippen LogP contribution in [-0.2, 0) is 17.4 Å². The minimum Gasteiger partial charge on any atom is -0.356 e. The summed E-state index contributed by atoms with van der Waals surface area (Å²) in [4.78, 5) is 19.4. The first kappa shape index (κ1) is 19.1. The molecule has 1 atom stereocenters. The number of aromatic nitrogens is 4. The summed E-state index contributed by atoms with van der Waals surface area (Å²) >= 11 is 0. The predicted octanol–water partition coefficient (Wildman–Crippen LogP) is 1.40. The number of hydrogen-bond donors (Lipinski definition) is 2. The summed E-state index contributed by atoms with van der Waals surface area (Å²) in [6, 6.07) is 0. The molecule has 10 heteroatoms. The van der Waals surface area contributed by atoms with Crippen molar-refractivity contribution < 1.29 is 18.0 Å². The summed E-state index contributed by atoms with van der Waals surface area (Å²) in [6.07, 6.45) is -4.08. The van der Waals surface area contributed by atoms with Gasteiger partial charge in [0.05, 0.1) is 0 Å². The van der Waals surface area contributed by atoms with Crippen LogP contribution in [0.5, 0.6) is 0 Å². The van der Waals surface area contributed by atoms with Gasteiger partial charge in [-0.2, -0.15) is 18.2 Å². The number of amides is 1. The van der Waals surface area contributed by atoms with E-state index in [9.17, 15) is 18.0 Å². The summed E-state index contributed by atoms with van der Waals surface area (Å²) < 4.78 is 39.4. The Kier molecular flexibility index (Phi) is 5.61. The average molecular weight is 358 g/mol. The Morgan fingerprint density at radius 1 is 1.32 bits per heavy atom. The van der Waals surface area contributed by atoms with Crippen molar-refractivity contribution in [1.82, 2.24) is 24.9 Å². The molecule has 2 heterocycles. The lowest BCUT2D eigenvalue weighted by Crippen LogP contribution is -2.31. The fourth-order valence-corrected chi connectivity index (χ4v) is 2.39. The predicted molar refractivity (Wildman–Crippen MR) is 84.8 cm³/mol. The molecule has 0 saturated heterocycles. The third-order valence-corrected chi connectivity index (χ3v) is 3.95. The summed E-state index contributed by atoms with van der Waals surface area (Å²) in [5.41, 5.74) is 7.21. The first-order chi connectivity index (χ1) is 11.6. The van der Waals surface area contributed by atoms with E-state index in [0.717, 1.165) is 4.52 Å². The summed E-state index contributed by atoms with van der Waals surface area (Å²) in [5, 5.41) is 6.27. The molecular weight excluding hydrogens is 337 g/mol. The van der Waals surface area contributed by atoms with Crippen LogP contribution in [0.3, 0.4) is 0 Å². The molecular formula is C15H21F3N6O. The van der Waals surface area contributed by atoms with E-state index in [1.165, 1.54) is 0 Å². The highest BCUT2D eigenvalue weighted by molar-refractivity contribution is 5.76. The number of halogens is 3. The van der Waals surface area contributed by atoms with Crippen molar-refractivity contribution in [3.05, 3.63) is 22.8 Å². The van der Waals surface area contributed by atoms with Crippen LogP contribution >= 0.6 is 0 Å². The maximum absolute atomic E-state index is 12.8. The number of fused-ring (bicyclic) bond motifs is 1. The number of hydrogen-bond acceptors (Lipinski definition) is 5. The van der Waals surface area contributed by atoms with E-state index in [4.69, 9.17) is 5.73 Å². The second kappa shape index (κ2) is 7.34. The number of nitrogens with two attached hydrogens (primary N) is 1. The summed E-state index contributed by atoms with van der Waals surface area (Å²) in [5.74, 6) is -1.30. The molecule has 0 fully saturated rings. The third kappa shape index (κ3) is 4.44. The molecule has 1 amide bonds. The largest absolute Gasteiger partial charge is 0.453 e. The van der Waals surface area contributed by atoms with Gasteiger partial charge in [-0.25, -0.2) is 9.50 Å². The van der Waals surface area contributed by atoms with Crippen molar-refractivity contribution in [3.63, 3.8) is 0 Å². The minimum atomic E-state index is -4.63. The smallest absolute Gasteiger partial charge is 0.356 e. The van der Waals surface area contributed by atoms with Crippen LogP contribution in [0.1, 0.15) is 36.1 Å². The van der Waals surface area contributed by atoms with Crippen molar-refractivity contribution in [1.29, 1.82) is 0 Å². The monoisotopic (exact) mass is 358 g/mol. The van der Waals surface area contributed by atoms with Gasteiger partial charge >= 0.3 is 6.18 Å². The Hall–Kier alpha value is -2.23. The number of carbonyl (C=O) groups excluding carboxylic acids is 1. The van der Waals surface area contributed by atoms with Crippen LogP contribution in [0.4, 0.5) is 13.2 Å². The molecule has 0 spiro atoms. The molecule has 1 unspecified atom stereocenters. The van der Waals surface area contributed by atoms with Crippen molar-refractivity contribution in [3.8, 4) is 0 Å². The lowest BCUT2D eigenvalue weighted by atomic mass is 10.1. The van der Waals surface area contributed by atoms with Gasteiger partial charge in [-0.3, -0.25) is 4.79 Å². The van der Waals surface area contributed by atoms with Gasteiger partial charge in [0.15, 0.2) is 0 Å². The van der Waals surface area contributed by atoms with Gasteiger partial charge < -0.3 is 11.1 Å². The number of nitrogens with zero attached hydrogens (tertiary/aromatic N) is 4. The second-order valence-electron chi connectivity index (χ2n) is 6.05. The van der Waals surface area contributed by atoms with Crippen LogP contribution in [0.15, 0.2) is 0 Å². The fourth-order valence-electron chi connectivity index (χ4n) is 2.39. The molecule has 2 aromatic rings. The Bertz CT molecular complexity index is 771. The van der Waals surface area contributed by atoms with Gasteiger partial charge in [-0.05, 0) is 38.3 Å². The van der Waals surface area contributed by atoms with Gasteiger partial charge in [0.2, 0.25) is 5.91 Å². The zero-order valence-electron chi connectivity index (χ0n) is 14.3. The van der Waals surface area contributed by atoms with Crippen LogP contribution in [0.2, 0.25) is 0 Å². The van der Waals surface area contributed by atoms with E-state index in [0.29, 0.717) is 36.5 Å². The maximum atomic E-state index is 12.8. The molecule has 138 valence electrons. The lowest BCUT2D eigenvalue weighted by molar-refractivity contribution is -0.144. The SMILES string of the molecule is Cc1nc2nc(C(F)(F)F)nn2c(C)c1CCC(=O)NCC(C)CN. The van der Waals surface area contributed by atoms with Crippen LogP contribution < -0.4 is 11.1 Å². The number of carbonyl (C=O) groups is 1. The van der Waals surface area contributed by atoms with Gasteiger partial charge in [-0.1, -0.05) is 6.92 Å². The number of aryl methyl sites for hydroxylation is 2. The normalized spacial score (nSPS) is 13.2. The first-order valence-corrected chi connectivity index (χ1v) is 7.90. The standard InChI is InChI=1S/C15H21F3N6O/c1-8(6-19)7-20-12(25)5-4-11-9(2)21-14-22-13(15(16,17)18)23-24(14)10(11)3/h8H,4-7,19H2,1-3H3,(H,20,25). The molecule has 7 nitrogen and oxygen atoms in total. The molecule has 2 rings (SSSR count). The van der Waals surface area contributed by atoms with Gasteiger partial charge in [0.25, 0.3) is 11.6 Å². The van der Waals surface area contributed by atoms with Gasteiger partial charge in [-0.15, -0.1) is 5.10 Å². The van der Waals surface area contributed by atoms with Crippen molar-refractivity contribution in [2.75, 3.05) is 13.1 Å². The van der Waals surface area contributed by atoms with E-state index >= 15 is 0 Å². The van der Waals surface area contributed by atoms with Crippen molar-refractivity contribution in [2.24, 2.45) is 11.7 Å². The van der Waals surface area contributed by atoms with E-state index in [-0.39, 0.29) is 24.0 Å². The summed E-state index contributed by atoms with van der Waals surface area (Å²) in [6.45, 7) is 6.21. The Morgan fingerprint density at radius 2 is 2.00 bits per heavy atom. The highest BCUT2D eigenvalue weighted by Gasteiger charge is 2.36. The summed E-state index contributed by atoms with van der Waals surface area (Å²) in [7, 11) is 0. The van der Waals surface area contributed by atoms with Crippen molar-refractivity contribution >= 4 is 11.7 Å². The first-order valence-electron chi connectivity index (χ1n) is 7.90. The second-order valence-corrected chi connectivity index (χ2v) is 6.05. The molecule has 0 aliphatic heterocycles. The highest BCUT2D eigenvalue weighted by Crippen LogP contribution is 2.27. The van der Waals surface area contributed by atoms with Crippen LogP contribution in [-0.4, -0.2) is 38.6 Å². The molecule has 3 N–H and O–H groups in total. The number of rotatable bonds is 6. The van der Waals surface area contributed by atoms with Crippen molar-refractivity contribution in [2.45, 2.75) is 39.8 Å². The quantitative estimate of drug-likeness (QED) is 0.813. The Balaban J connectivity index is 2.17. The molecule has 25 heavy (non-hydrogen) atoms. The molecule has 0 radical (unpaired) electrons. The molecule has 0 aliphatic carbocycles. The number of nitrogens with one attached hydrogen (secondary N) is 1. The fraction of sp³-hybridized carbons (Fsp3) is 0.600. The Morgan fingerprint density at radius 3 is 2.60 bits per heavy atom. The Labute approximate surface area is 142 Å². The maximum Gasteiger partial charge on any atom is 0.453 e. The third-order valence-electron chi connectivity index (χ3n) is 3.95. The molecule has 0 bridgehead atoms. The van der Waals surface area contributed by atoms with E-state index in [2.05, 4.69) is 20.4 Å². The minimum absolute atomic E-state index is 0.104. The highest BCUT2D eigenvalue weighted by atomic mass is 19.4. The topological polar surface area (TPSA) is 98.2 Å². The molecule has 0 saturated carbocycles. The molecule has 0 aromatic carbocycles. The number of alkyl halides is 3. The molecule has 2 aromatic heterocycles. The lowest BCUT2D eigenvalue weighted by Gasteiger charge is -2.12. The van der Waals surface area contributed by atoms with E-state index in [1.807, 2.05) is 6.92 Å². The van der Waals surface area contributed by atoms with Crippen LogP contribution in [0.25, 0.3) is 5.78 Å². The zero-order chi connectivity index (χ0) is 18.8. The zero-order valence-corrected chi connectivity index (χ0v) is 14.3. The van der Waals surface area contributed by atoms with E-state index < -0.39 is 12.0 Å². The van der Waals surface area contributed by atoms with Crippen LogP contribution in [0, 0.1) is 19.8 Å². The van der Waals surface area contributed by atoms with Gasteiger partial charge in [0, 0.05) is 24.4 Å². The average Bonchev–Trinajstić information content (AvgIpc) is 2.96. The van der Waals surface area contributed by atoms with E-state index in [1.54, 1.807) is 13.8 Å². The molecule has 0 aliphatic rings. The van der Waals surface area contributed by atoms with Gasteiger partial charge in [0.1, 0.15) is 0 Å².